The highest BCUT2D eigenvalue weighted by molar-refractivity contribution is 6.07. The molecule has 0 atom stereocenters. The molecule has 0 saturated carbocycles. The lowest BCUT2D eigenvalue weighted by Crippen LogP contribution is -2.25. The van der Waals surface area contributed by atoms with Crippen LogP contribution in [0.15, 0.2) is 30.5 Å². The Morgan fingerprint density at radius 2 is 2.11 bits per heavy atom. The van der Waals surface area contributed by atoms with Crippen LogP contribution in [0.2, 0.25) is 0 Å². The van der Waals surface area contributed by atoms with Crippen LogP contribution in [0.4, 0.5) is 0 Å². The van der Waals surface area contributed by atoms with E-state index in [-0.39, 0.29) is 11.9 Å². The van der Waals surface area contributed by atoms with E-state index < -0.39 is 0 Å². The highest BCUT2D eigenvalue weighted by Crippen LogP contribution is 2.31. The van der Waals surface area contributed by atoms with Gasteiger partial charge in [-0.15, -0.1) is 0 Å². The minimum Gasteiger partial charge on any atom is -0.496 e. The molecule has 0 aliphatic heterocycles. The summed E-state index contributed by atoms with van der Waals surface area (Å²) in [6, 6.07) is 7.92. The van der Waals surface area contributed by atoms with Gasteiger partial charge in [0.25, 0.3) is 5.91 Å². The smallest absolute Gasteiger partial charge is 0.252 e. The number of nitrogens with zero attached hydrogens (tertiary/aromatic N) is 3. The number of pyridine rings is 1. The Kier molecular flexibility index (Phi) is 4.56. The van der Waals surface area contributed by atoms with Gasteiger partial charge in [0, 0.05) is 23.8 Å². The lowest BCUT2D eigenvalue weighted by atomic mass is 10.0. The molecule has 140 valence electrons. The third-order valence-electron chi connectivity index (χ3n) is 5.12. The van der Waals surface area contributed by atoms with Crippen LogP contribution >= 0.6 is 0 Å². The molecule has 4 rings (SSSR count). The van der Waals surface area contributed by atoms with Crippen LogP contribution in [-0.2, 0) is 19.4 Å². The predicted molar refractivity (Wildman–Crippen MR) is 104 cm³/mol. The van der Waals surface area contributed by atoms with Crippen molar-refractivity contribution in [2.75, 3.05) is 7.11 Å². The number of para-hydroxylation sites is 1. The highest BCUT2D eigenvalue weighted by atomic mass is 16.5. The third-order valence-corrected chi connectivity index (χ3v) is 5.12. The van der Waals surface area contributed by atoms with Gasteiger partial charge in [0.1, 0.15) is 5.75 Å². The maximum absolute atomic E-state index is 13.2. The van der Waals surface area contributed by atoms with E-state index in [1.54, 1.807) is 13.3 Å². The monoisotopic (exact) mass is 364 g/mol. The van der Waals surface area contributed by atoms with E-state index in [2.05, 4.69) is 24.3 Å². The molecule has 0 unspecified atom stereocenters. The Balaban J connectivity index is 1.71. The minimum absolute atomic E-state index is 0.0743. The summed E-state index contributed by atoms with van der Waals surface area (Å²) >= 11 is 0. The molecular formula is C21H24N4O2. The lowest BCUT2D eigenvalue weighted by Gasteiger charge is -2.13. The van der Waals surface area contributed by atoms with E-state index >= 15 is 0 Å². The van der Waals surface area contributed by atoms with Crippen LogP contribution in [0, 0.1) is 0 Å². The van der Waals surface area contributed by atoms with Gasteiger partial charge in [-0.1, -0.05) is 18.2 Å². The van der Waals surface area contributed by atoms with Gasteiger partial charge in [-0.05, 0) is 44.7 Å². The molecule has 0 radical (unpaired) electrons. The molecule has 1 N–H and O–H groups in total. The molecule has 0 spiro atoms. The van der Waals surface area contributed by atoms with Crippen LogP contribution in [0.1, 0.15) is 53.5 Å². The number of hydrogen-bond acceptors (Lipinski definition) is 4. The quantitative estimate of drug-likeness (QED) is 0.753. The van der Waals surface area contributed by atoms with Crippen molar-refractivity contribution >= 4 is 16.9 Å². The molecule has 0 bridgehead atoms. The number of fused-ring (bicyclic) bond motifs is 2. The Morgan fingerprint density at radius 3 is 2.89 bits per heavy atom. The van der Waals surface area contributed by atoms with Crippen molar-refractivity contribution in [3.8, 4) is 5.75 Å². The summed E-state index contributed by atoms with van der Waals surface area (Å²) in [5, 5.41) is 8.38. The molecule has 1 aromatic carbocycles. The second-order valence-corrected chi connectivity index (χ2v) is 7.18. The topological polar surface area (TPSA) is 69.0 Å². The average Bonchev–Trinajstić information content (AvgIpc) is 3.30. The first-order chi connectivity index (χ1) is 13.1. The lowest BCUT2D eigenvalue weighted by molar-refractivity contribution is 0.0951. The molecule has 1 aliphatic rings. The number of aryl methyl sites for hydroxylation is 1. The zero-order valence-electron chi connectivity index (χ0n) is 16.0. The number of benzene rings is 1. The Morgan fingerprint density at radius 1 is 1.30 bits per heavy atom. The number of rotatable bonds is 5. The maximum atomic E-state index is 13.2. The summed E-state index contributed by atoms with van der Waals surface area (Å²) in [4.78, 5) is 18.0. The van der Waals surface area contributed by atoms with Crippen LogP contribution in [0.25, 0.3) is 11.0 Å². The number of aromatic nitrogens is 3. The largest absolute Gasteiger partial charge is 0.496 e. The molecule has 27 heavy (non-hydrogen) atoms. The van der Waals surface area contributed by atoms with Gasteiger partial charge in [-0.2, -0.15) is 5.10 Å². The summed E-state index contributed by atoms with van der Waals surface area (Å²) in [5.74, 6) is 0.699. The molecular weight excluding hydrogens is 340 g/mol. The van der Waals surface area contributed by atoms with Gasteiger partial charge < -0.3 is 10.1 Å². The molecule has 6 heteroatoms. The zero-order valence-corrected chi connectivity index (χ0v) is 16.0. The molecule has 0 fully saturated rings. The maximum Gasteiger partial charge on any atom is 0.252 e. The highest BCUT2D eigenvalue weighted by Gasteiger charge is 2.26. The van der Waals surface area contributed by atoms with Gasteiger partial charge in [0.05, 0.1) is 24.3 Å². The number of ether oxygens (including phenoxy) is 1. The van der Waals surface area contributed by atoms with E-state index in [1.807, 2.05) is 28.9 Å². The van der Waals surface area contributed by atoms with Crippen LogP contribution in [-0.4, -0.2) is 27.8 Å². The third kappa shape index (κ3) is 3.05. The Bertz CT molecular complexity index is 1010. The molecule has 1 amide bonds. The molecule has 3 aromatic rings. The number of carbonyl (C=O) groups is 1. The number of nitrogens with one attached hydrogen (secondary N) is 1. The summed E-state index contributed by atoms with van der Waals surface area (Å²) in [6.45, 7) is 4.56. The molecule has 0 saturated heterocycles. The SMILES string of the molecule is COc1ccccc1CNC(=O)c1c2c(nc3c1cnn3C(C)C)CCC2. The molecule has 1 aliphatic carbocycles. The second-order valence-electron chi connectivity index (χ2n) is 7.18. The van der Waals surface area contributed by atoms with Crippen molar-refractivity contribution in [3.63, 3.8) is 0 Å². The molecule has 6 nitrogen and oxygen atoms in total. The zero-order chi connectivity index (χ0) is 19.0. The minimum atomic E-state index is -0.0743. The second kappa shape index (κ2) is 7.02. The summed E-state index contributed by atoms with van der Waals surface area (Å²) < 4.78 is 7.28. The van der Waals surface area contributed by atoms with Crippen molar-refractivity contribution < 1.29 is 9.53 Å². The summed E-state index contributed by atoms with van der Waals surface area (Å²) in [5.41, 5.74) is 4.59. The Labute approximate surface area is 158 Å². The van der Waals surface area contributed by atoms with Gasteiger partial charge in [0.2, 0.25) is 0 Å². The van der Waals surface area contributed by atoms with E-state index in [9.17, 15) is 4.79 Å². The van der Waals surface area contributed by atoms with E-state index in [0.717, 1.165) is 58.4 Å². The average molecular weight is 364 g/mol. The van der Waals surface area contributed by atoms with E-state index in [0.29, 0.717) is 6.54 Å². The Hall–Kier alpha value is -2.89. The van der Waals surface area contributed by atoms with Crippen LogP contribution in [0.3, 0.4) is 0 Å². The summed E-state index contributed by atoms with van der Waals surface area (Å²) in [7, 11) is 1.64. The van der Waals surface area contributed by atoms with Gasteiger partial charge >= 0.3 is 0 Å². The van der Waals surface area contributed by atoms with Gasteiger partial charge in [-0.25, -0.2) is 9.67 Å². The molecule has 2 heterocycles. The van der Waals surface area contributed by atoms with E-state index in [1.165, 1.54) is 0 Å². The van der Waals surface area contributed by atoms with Crippen molar-refractivity contribution in [3.05, 3.63) is 52.8 Å². The van der Waals surface area contributed by atoms with Crippen molar-refractivity contribution in [1.82, 2.24) is 20.1 Å². The number of carbonyl (C=O) groups excluding carboxylic acids is 1. The van der Waals surface area contributed by atoms with Gasteiger partial charge in [-0.3, -0.25) is 4.79 Å². The first kappa shape index (κ1) is 17.5. The number of methoxy groups -OCH3 is 1. The van der Waals surface area contributed by atoms with Gasteiger partial charge in [0.15, 0.2) is 5.65 Å². The number of amides is 1. The molecule has 2 aromatic heterocycles. The first-order valence-electron chi connectivity index (χ1n) is 9.39. The fourth-order valence-electron chi connectivity index (χ4n) is 3.80. The summed E-state index contributed by atoms with van der Waals surface area (Å²) in [6.07, 6.45) is 4.62. The number of hydrogen-bond donors (Lipinski definition) is 1. The van der Waals surface area contributed by atoms with E-state index in [4.69, 9.17) is 9.72 Å². The fourth-order valence-corrected chi connectivity index (χ4v) is 3.80. The van der Waals surface area contributed by atoms with Crippen LogP contribution in [0.5, 0.6) is 5.75 Å². The predicted octanol–water partition coefficient (Wildman–Crippen LogP) is 3.44. The standard InChI is InChI=1S/C21H24N4O2/c1-13(2)25-20-16(12-23-25)19(15-8-6-9-17(15)24-20)21(26)22-11-14-7-4-5-10-18(14)27-3/h4-5,7,10,12-13H,6,8-9,11H2,1-3H3,(H,22,26). The van der Waals surface area contributed by atoms with Crippen LogP contribution < -0.4 is 10.1 Å². The van der Waals surface area contributed by atoms with Crippen molar-refractivity contribution in [2.24, 2.45) is 0 Å². The normalized spacial score (nSPS) is 13.2. The fraction of sp³-hybridized carbons (Fsp3) is 0.381. The van der Waals surface area contributed by atoms with Crippen molar-refractivity contribution in [1.29, 1.82) is 0 Å². The van der Waals surface area contributed by atoms with Crippen molar-refractivity contribution in [2.45, 2.75) is 45.7 Å². The first-order valence-corrected chi connectivity index (χ1v) is 9.39.